The summed E-state index contributed by atoms with van der Waals surface area (Å²) in [4.78, 5) is 4.93. The first-order valence-electron chi connectivity index (χ1n) is 8.76. The number of aromatic hydroxyl groups is 1. The van der Waals surface area contributed by atoms with E-state index in [1.165, 1.54) is 17.3 Å². The molecule has 1 aliphatic rings. The van der Waals surface area contributed by atoms with Gasteiger partial charge in [0.1, 0.15) is 11.5 Å². The van der Waals surface area contributed by atoms with Crippen molar-refractivity contribution >= 4 is 22.8 Å². The van der Waals surface area contributed by atoms with Crippen LogP contribution in [-0.2, 0) is 12.8 Å². The molecule has 5 nitrogen and oxygen atoms in total. The molecule has 1 aliphatic carbocycles. The van der Waals surface area contributed by atoms with E-state index >= 15 is 0 Å². The number of hydrogen-bond acceptors (Lipinski definition) is 5. The summed E-state index contributed by atoms with van der Waals surface area (Å²) < 4.78 is 5.49. The smallest absolute Gasteiger partial charge is 0.131 e. The van der Waals surface area contributed by atoms with E-state index in [0.717, 1.165) is 53.4 Å². The number of phenols is 1. The predicted molar refractivity (Wildman–Crippen MR) is 104 cm³/mol. The molecule has 1 aromatic heterocycles. The highest BCUT2D eigenvalue weighted by molar-refractivity contribution is 6.05. The molecule has 0 unspecified atom stereocenters. The van der Waals surface area contributed by atoms with Gasteiger partial charge in [0.25, 0.3) is 0 Å². The zero-order valence-corrected chi connectivity index (χ0v) is 14.7. The van der Waals surface area contributed by atoms with Crippen molar-refractivity contribution in [3.8, 4) is 22.8 Å². The monoisotopic (exact) mass is 347 g/mol. The Bertz CT molecular complexity index is 1030. The third-order valence-electron chi connectivity index (χ3n) is 5.13. The second-order valence-corrected chi connectivity index (χ2v) is 6.62. The average molecular weight is 347 g/mol. The number of nitrogen functional groups attached to an aromatic ring is 1. The van der Waals surface area contributed by atoms with Crippen molar-refractivity contribution in [1.82, 2.24) is 4.98 Å². The number of nitrogens with two attached hydrogens (primary N) is 1. The molecule has 0 amide bonds. The third kappa shape index (κ3) is 2.47. The highest BCUT2D eigenvalue weighted by atomic mass is 16.5. The van der Waals surface area contributed by atoms with Crippen molar-refractivity contribution in [3.63, 3.8) is 0 Å². The average Bonchev–Trinajstić information content (AvgIpc) is 2.67. The van der Waals surface area contributed by atoms with E-state index in [9.17, 15) is 5.11 Å². The summed E-state index contributed by atoms with van der Waals surface area (Å²) in [5, 5.41) is 18.6. The van der Waals surface area contributed by atoms with Crippen LogP contribution in [0.5, 0.6) is 11.5 Å². The summed E-state index contributed by atoms with van der Waals surface area (Å²) in [7, 11) is 1.60. The van der Waals surface area contributed by atoms with E-state index < -0.39 is 0 Å². The van der Waals surface area contributed by atoms with Crippen LogP contribution >= 0.6 is 0 Å². The van der Waals surface area contributed by atoms with Crippen LogP contribution < -0.4 is 10.5 Å². The van der Waals surface area contributed by atoms with Gasteiger partial charge in [0, 0.05) is 34.5 Å². The van der Waals surface area contributed by atoms with Crippen LogP contribution in [0, 0.1) is 5.41 Å². The third-order valence-corrected chi connectivity index (χ3v) is 5.13. The van der Waals surface area contributed by atoms with Crippen LogP contribution in [0.25, 0.3) is 22.2 Å². The van der Waals surface area contributed by atoms with Crippen LogP contribution in [-0.4, -0.2) is 23.4 Å². The largest absolute Gasteiger partial charge is 0.508 e. The number of rotatable bonds is 3. The number of anilines is 1. The Kier molecular flexibility index (Phi) is 3.99. The molecular weight excluding hydrogens is 326 g/mol. The summed E-state index contributed by atoms with van der Waals surface area (Å²) in [6, 6.07) is 8.85. The van der Waals surface area contributed by atoms with Gasteiger partial charge in [-0.2, -0.15) is 0 Å². The molecule has 2 aromatic carbocycles. The Morgan fingerprint density at radius 3 is 2.65 bits per heavy atom. The first-order chi connectivity index (χ1) is 12.6. The number of methoxy groups -OCH3 is 1. The zero-order chi connectivity index (χ0) is 18.3. The topological polar surface area (TPSA) is 92.2 Å². The summed E-state index contributed by atoms with van der Waals surface area (Å²) in [6.07, 6.45) is 5.44. The zero-order valence-electron chi connectivity index (χ0n) is 14.7. The lowest BCUT2D eigenvalue weighted by Gasteiger charge is -2.23. The van der Waals surface area contributed by atoms with Gasteiger partial charge in [-0.3, -0.25) is 0 Å². The normalized spacial score (nSPS) is 13.4. The highest BCUT2D eigenvalue weighted by Gasteiger charge is 2.23. The van der Waals surface area contributed by atoms with Crippen LogP contribution in [0.2, 0.25) is 0 Å². The summed E-state index contributed by atoms with van der Waals surface area (Å²) >= 11 is 0. The Hall–Kier alpha value is -3.08. The Balaban J connectivity index is 2.09. The second kappa shape index (κ2) is 6.33. The molecule has 3 aromatic rings. The summed E-state index contributed by atoms with van der Waals surface area (Å²) in [5.41, 5.74) is 12.5. The molecule has 26 heavy (non-hydrogen) atoms. The van der Waals surface area contributed by atoms with Crippen molar-refractivity contribution in [2.75, 3.05) is 12.8 Å². The molecule has 1 heterocycles. The van der Waals surface area contributed by atoms with Crippen LogP contribution in [0.3, 0.4) is 0 Å². The van der Waals surface area contributed by atoms with E-state index in [1.807, 2.05) is 18.2 Å². The molecule has 0 radical (unpaired) electrons. The van der Waals surface area contributed by atoms with E-state index in [1.54, 1.807) is 19.2 Å². The fourth-order valence-electron chi connectivity index (χ4n) is 3.92. The van der Waals surface area contributed by atoms with Crippen LogP contribution in [0.1, 0.15) is 29.5 Å². The van der Waals surface area contributed by atoms with Crippen molar-refractivity contribution in [2.24, 2.45) is 0 Å². The van der Waals surface area contributed by atoms with Gasteiger partial charge in [-0.1, -0.05) is 0 Å². The molecule has 0 atom stereocenters. The molecule has 0 saturated carbocycles. The maximum atomic E-state index is 9.79. The van der Waals surface area contributed by atoms with Crippen molar-refractivity contribution < 1.29 is 9.84 Å². The second-order valence-electron chi connectivity index (χ2n) is 6.62. The first kappa shape index (κ1) is 16.4. The van der Waals surface area contributed by atoms with Gasteiger partial charge < -0.3 is 21.0 Å². The number of ether oxygens (including phenoxy) is 1. The summed E-state index contributed by atoms with van der Waals surface area (Å²) in [6.45, 7) is 0. The van der Waals surface area contributed by atoms with Gasteiger partial charge in [0.15, 0.2) is 0 Å². The number of hydrogen-bond donors (Lipinski definition) is 3. The number of fused-ring (bicyclic) bond motifs is 3. The quantitative estimate of drug-likeness (QED) is 0.492. The first-order valence-corrected chi connectivity index (χ1v) is 8.76. The number of phenolic OH excluding ortho intramolecular Hbond substituents is 1. The van der Waals surface area contributed by atoms with E-state index in [0.29, 0.717) is 11.4 Å². The minimum Gasteiger partial charge on any atom is -0.508 e. The Morgan fingerprint density at radius 1 is 1.15 bits per heavy atom. The lowest BCUT2D eigenvalue weighted by Crippen LogP contribution is -2.10. The number of nitrogens with zero attached hydrogens (tertiary/aromatic N) is 1. The minimum absolute atomic E-state index is 0.166. The molecule has 0 bridgehead atoms. The molecule has 0 saturated heterocycles. The number of aromatic nitrogens is 1. The van der Waals surface area contributed by atoms with E-state index in [4.69, 9.17) is 20.9 Å². The standard InChI is InChI=1S/C21H21N3O2/c1-26-19-10-12(25)6-7-15(19)21-14-5-3-2-4-13(14)20-16(11-22)17(23)8-9-18(20)24-21/h6-11,22,25H,2-5,23H2,1H3. The Morgan fingerprint density at radius 2 is 1.92 bits per heavy atom. The molecule has 4 rings (SSSR count). The molecule has 0 aliphatic heterocycles. The van der Waals surface area contributed by atoms with E-state index in [2.05, 4.69) is 0 Å². The fourth-order valence-corrected chi connectivity index (χ4v) is 3.92. The van der Waals surface area contributed by atoms with Crippen molar-refractivity contribution in [3.05, 3.63) is 47.0 Å². The molecule has 0 fully saturated rings. The number of aryl methyl sites for hydroxylation is 1. The predicted octanol–water partition coefficient (Wildman–Crippen LogP) is 4.07. The maximum Gasteiger partial charge on any atom is 0.131 e. The van der Waals surface area contributed by atoms with Gasteiger partial charge in [0.2, 0.25) is 0 Å². The van der Waals surface area contributed by atoms with Crippen LogP contribution in [0.4, 0.5) is 5.69 Å². The molecule has 132 valence electrons. The van der Waals surface area contributed by atoms with Crippen molar-refractivity contribution in [2.45, 2.75) is 25.7 Å². The number of nitrogens with one attached hydrogen (secondary N) is 1. The SMILES string of the molecule is COc1cc(O)ccc1-c1nc2ccc(N)c(C=N)c2c2c1CCCC2. The lowest BCUT2D eigenvalue weighted by atomic mass is 9.84. The van der Waals surface area contributed by atoms with E-state index in [-0.39, 0.29) is 5.75 Å². The number of pyridine rings is 1. The molecular formula is C21H21N3O2. The lowest BCUT2D eigenvalue weighted by molar-refractivity contribution is 0.409. The Labute approximate surface area is 152 Å². The minimum atomic E-state index is 0.166. The number of benzene rings is 2. The molecule has 4 N–H and O–H groups in total. The van der Waals surface area contributed by atoms with Gasteiger partial charge in [-0.25, -0.2) is 4.98 Å². The van der Waals surface area contributed by atoms with Gasteiger partial charge in [-0.05, 0) is 61.1 Å². The van der Waals surface area contributed by atoms with Crippen LogP contribution in [0.15, 0.2) is 30.3 Å². The summed E-state index contributed by atoms with van der Waals surface area (Å²) in [5.74, 6) is 0.770. The molecule has 5 heteroatoms. The van der Waals surface area contributed by atoms with Gasteiger partial charge >= 0.3 is 0 Å². The molecule has 0 spiro atoms. The highest BCUT2D eigenvalue weighted by Crippen LogP contribution is 2.40. The maximum absolute atomic E-state index is 9.79. The van der Waals surface area contributed by atoms with Gasteiger partial charge in [0.05, 0.1) is 18.3 Å². The fraction of sp³-hybridized carbons (Fsp3) is 0.238. The van der Waals surface area contributed by atoms with Gasteiger partial charge in [-0.15, -0.1) is 0 Å². The van der Waals surface area contributed by atoms with Crippen molar-refractivity contribution in [1.29, 1.82) is 5.41 Å².